The van der Waals surface area contributed by atoms with Crippen molar-refractivity contribution in [3.63, 3.8) is 0 Å². The van der Waals surface area contributed by atoms with Gasteiger partial charge in [-0.25, -0.2) is 0 Å². The van der Waals surface area contributed by atoms with E-state index in [0.29, 0.717) is 19.0 Å². The molecule has 0 bridgehead atoms. The molecular formula is C9H8N4O2. The van der Waals surface area contributed by atoms with E-state index in [9.17, 15) is 0 Å². The Balaban J connectivity index is 2.04. The number of aromatic amines is 1. The SMILES string of the molecule is c1cc2c(cc1-c1nn[nH]n1)OCCO2. The van der Waals surface area contributed by atoms with Crippen molar-refractivity contribution >= 4 is 0 Å². The molecule has 2 heterocycles. The van der Waals surface area contributed by atoms with Crippen LogP contribution in [-0.4, -0.2) is 33.8 Å². The lowest BCUT2D eigenvalue weighted by Gasteiger charge is -2.18. The first-order chi connectivity index (χ1) is 7.43. The fourth-order valence-electron chi connectivity index (χ4n) is 1.47. The average Bonchev–Trinajstić information content (AvgIpc) is 2.82. The van der Waals surface area contributed by atoms with Crippen molar-refractivity contribution in [2.24, 2.45) is 0 Å². The number of fused-ring (bicyclic) bond motifs is 1. The Bertz CT molecular complexity index is 469. The summed E-state index contributed by atoms with van der Waals surface area (Å²) in [6.45, 7) is 1.16. The summed E-state index contributed by atoms with van der Waals surface area (Å²) in [7, 11) is 0. The number of nitrogens with one attached hydrogen (secondary N) is 1. The van der Waals surface area contributed by atoms with Crippen LogP contribution in [0.2, 0.25) is 0 Å². The van der Waals surface area contributed by atoms with E-state index in [-0.39, 0.29) is 0 Å². The zero-order valence-electron chi connectivity index (χ0n) is 7.80. The van der Waals surface area contributed by atoms with Gasteiger partial charge in [0, 0.05) is 5.56 Å². The van der Waals surface area contributed by atoms with Crippen LogP contribution in [-0.2, 0) is 0 Å². The quantitative estimate of drug-likeness (QED) is 0.737. The van der Waals surface area contributed by atoms with Crippen LogP contribution in [0.15, 0.2) is 18.2 Å². The molecule has 2 aromatic rings. The average molecular weight is 204 g/mol. The molecular weight excluding hydrogens is 196 g/mol. The first-order valence-electron chi connectivity index (χ1n) is 4.57. The summed E-state index contributed by atoms with van der Waals surface area (Å²) in [5, 5.41) is 13.7. The smallest absolute Gasteiger partial charge is 0.204 e. The van der Waals surface area contributed by atoms with E-state index >= 15 is 0 Å². The highest BCUT2D eigenvalue weighted by Gasteiger charge is 2.13. The molecule has 1 aromatic carbocycles. The molecule has 0 radical (unpaired) electrons. The van der Waals surface area contributed by atoms with Crippen molar-refractivity contribution < 1.29 is 9.47 Å². The molecule has 0 spiro atoms. The summed E-state index contributed by atoms with van der Waals surface area (Å²) in [4.78, 5) is 0. The topological polar surface area (TPSA) is 72.9 Å². The predicted octanol–water partition coefficient (Wildman–Crippen LogP) is 0.638. The molecule has 0 atom stereocenters. The number of H-pyrrole nitrogens is 1. The first-order valence-corrected chi connectivity index (χ1v) is 4.57. The minimum absolute atomic E-state index is 0.548. The third kappa shape index (κ3) is 1.39. The Morgan fingerprint density at radius 3 is 2.80 bits per heavy atom. The highest BCUT2D eigenvalue weighted by atomic mass is 16.6. The zero-order chi connectivity index (χ0) is 10.1. The van der Waals surface area contributed by atoms with Gasteiger partial charge in [0.2, 0.25) is 5.82 Å². The van der Waals surface area contributed by atoms with Crippen molar-refractivity contribution in [1.82, 2.24) is 20.6 Å². The molecule has 76 valence electrons. The van der Waals surface area contributed by atoms with Gasteiger partial charge in [-0.2, -0.15) is 5.21 Å². The Kier molecular flexibility index (Phi) is 1.77. The number of aromatic nitrogens is 4. The van der Waals surface area contributed by atoms with Crippen LogP contribution in [0, 0.1) is 0 Å². The molecule has 0 amide bonds. The molecule has 1 aliphatic heterocycles. The molecule has 1 aliphatic rings. The van der Waals surface area contributed by atoms with E-state index in [1.807, 2.05) is 18.2 Å². The van der Waals surface area contributed by atoms with Crippen molar-refractivity contribution in [3.05, 3.63) is 18.2 Å². The molecule has 1 N–H and O–H groups in total. The summed E-state index contributed by atoms with van der Waals surface area (Å²) in [6, 6.07) is 5.57. The standard InChI is InChI=1S/C9H8N4O2/c1-2-7-8(15-4-3-14-7)5-6(1)9-10-12-13-11-9/h1-2,5H,3-4H2,(H,10,11,12,13). The van der Waals surface area contributed by atoms with Crippen LogP contribution < -0.4 is 9.47 Å². The van der Waals surface area contributed by atoms with E-state index in [2.05, 4.69) is 20.6 Å². The number of hydrogen-bond donors (Lipinski definition) is 1. The summed E-state index contributed by atoms with van der Waals surface area (Å²) in [6.07, 6.45) is 0. The Hall–Kier alpha value is -2.11. The van der Waals surface area contributed by atoms with Gasteiger partial charge in [0.1, 0.15) is 13.2 Å². The number of benzene rings is 1. The summed E-state index contributed by atoms with van der Waals surface area (Å²) in [5.41, 5.74) is 0.855. The maximum Gasteiger partial charge on any atom is 0.204 e. The van der Waals surface area contributed by atoms with Crippen LogP contribution in [0.3, 0.4) is 0 Å². The molecule has 3 rings (SSSR count). The second-order valence-electron chi connectivity index (χ2n) is 3.09. The minimum Gasteiger partial charge on any atom is -0.486 e. The van der Waals surface area contributed by atoms with Crippen molar-refractivity contribution in [2.75, 3.05) is 13.2 Å². The van der Waals surface area contributed by atoms with Gasteiger partial charge in [-0.15, -0.1) is 10.2 Å². The summed E-state index contributed by atoms with van der Waals surface area (Å²) >= 11 is 0. The summed E-state index contributed by atoms with van der Waals surface area (Å²) in [5.74, 6) is 2.03. The van der Waals surface area contributed by atoms with E-state index in [0.717, 1.165) is 17.1 Å². The molecule has 15 heavy (non-hydrogen) atoms. The zero-order valence-corrected chi connectivity index (χ0v) is 7.80. The number of nitrogens with zero attached hydrogens (tertiary/aromatic N) is 3. The number of tetrazole rings is 1. The lowest BCUT2D eigenvalue weighted by Crippen LogP contribution is -2.15. The largest absolute Gasteiger partial charge is 0.486 e. The second-order valence-corrected chi connectivity index (χ2v) is 3.09. The maximum absolute atomic E-state index is 5.45. The van der Waals surface area contributed by atoms with Crippen molar-refractivity contribution in [3.8, 4) is 22.9 Å². The van der Waals surface area contributed by atoms with E-state index in [4.69, 9.17) is 9.47 Å². The van der Waals surface area contributed by atoms with Gasteiger partial charge in [0.05, 0.1) is 0 Å². The van der Waals surface area contributed by atoms with E-state index < -0.39 is 0 Å². The van der Waals surface area contributed by atoms with E-state index in [1.54, 1.807) is 0 Å². The third-order valence-corrected chi connectivity index (χ3v) is 2.15. The molecule has 0 fully saturated rings. The second kappa shape index (κ2) is 3.23. The fraction of sp³-hybridized carbons (Fsp3) is 0.222. The lowest BCUT2D eigenvalue weighted by molar-refractivity contribution is 0.171. The normalized spacial score (nSPS) is 13.9. The van der Waals surface area contributed by atoms with Crippen LogP contribution in [0.4, 0.5) is 0 Å². The number of hydrogen-bond acceptors (Lipinski definition) is 5. The van der Waals surface area contributed by atoms with Crippen molar-refractivity contribution in [1.29, 1.82) is 0 Å². The molecule has 0 aliphatic carbocycles. The predicted molar refractivity (Wildman–Crippen MR) is 50.6 cm³/mol. The van der Waals surface area contributed by atoms with Crippen LogP contribution in [0.1, 0.15) is 0 Å². The Morgan fingerprint density at radius 1 is 1.13 bits per heavy atom. The minimum atomic E-state index is 0.548. The molecule has 0 unspecified atom stereocenters. The van der Waals surface area contributed by atoms with Gasteiger partial charge in [0.15, 0.2) is 11.5 Å². The molecule has 6 nitrogen and oxygen atoms in total. The summed E-state index contributed by atoms with van der Waals surface area (Å²) < 4.78 is 10.9. The highest BCUT2D eigenvalue weighted by Crippen LogP contribution is 2.33. The Morgan fingerprint density at radius 2 is 2.00 bits per heavy atom. The van der Waals surface area contributed by atoms with Gasteiger partial charge in [-0.05, 0) is 23.4 Å². The van der Waals surface area contributed by atoms with Crippen LogP contribution in [0.5, 0.6) is 11.5 Å². The monoisotopic (exact) mass is 204 g/mol. The lowest BCUT2D eigenvalue weighted by atomic mass is 10.2. The van der Waals surface area contributed by atoms with Crippen molar-refractivity contribution in [2.45, 2.75) is 0 Å². The van der Waals surface area contributed by atoms with Gasteiger partial charge < -0.3 is 9.47 Å². The Labute approximate surface area is 85.2 Å². The first kappa shape index (κ1) is 8.22. The number of ether oxygens (including phenoxy) is 2. The van der Waals surface area contributed by atoms with E-state index in [1.165, 1.54) is 0 Å². The molecule has 0 saturated carbocycles. The van der Waals surface area contributed by atoms with Crippen LogP contribution in [0.25, 0.3) is 11.4 Å². The fourth-order valence-corrected chi connectivity index (χ4v) is 1.47. The molecule has 6 heteroatoms. The molecule has 0 saturated heterocycles. The highest BCUT2D eigenvalue weighted by molar-refractivity contribution is 5.60. The van der Waals surface area contributed by atoms with Gasteiger partial charge in [-0.3, -0.25) is 0 Å². The maximum atomic E-state index is 5.45. The van der Waals surface area contributed by atoms with Crippen LogP contribution >= 0.6 is 0 Å². The number of rotatable bonds is 1. The third-order valence-electron chi connectivity index (χ3n) is 2.15. The van der Waals surface area contributed by atoms with Gasteiger partial charge in [0.25, 0.3) is 0 Å². The molecule has 1 aromatic heterocycles. The van der Waals surface area contributed by atoms with Gasteiger partial charge in [-0.1, -0.05) is 0 Å². The van der Waals surface area contributed by atoms with Gasteiger partial charge >= 0.3 is 0 Å².